The predicted molar refractivity (Wildman–Crippen MR) is 83.1 cm³/mol. The fourth-order valence-electron chi connectivity index (χ4n) is 2.89. The molecule has 4 nitrogen and oxygen atoms in total. The highest BCUT2D eigenvalue weighted by atomic mass is 79.9. The molecule has 20 heavy (non-hydrogen) atoms. The number of carbonyl (C=O) groups is 1. The van der Waals surface area contributed by atoms with Gasteiger partial charge >= 0.3 is 0 Å². The van der Waals surface area contributed by atoms with E-state index in [-0.39, 0.29) is 23.5 Å². The molecule has 1 fully saturated rings. The van der Waals surface area contributed by atoms with Gasteiger partial charge in [-0.2, -0.15) is 0 Å². The zero-order chi connectivity index (χ0) is 14.9. The van der Waals surface area contributed by atoms with Crippen molar-refractivity contribution in [2.45, 2.75) is 57.7 Å². The van der Waals surface area contributed by atoms with Crippen LogP contribution in [0.25, 0.3) is 0 Å². The molecule has 2 atom stereocenters. The highest BCUT2D eigenvalue weighted by molar-refractivity contribution is 9.10. The van der Waals surface area contributed by atoms with E-state index in [1.165, 1.54) is 0 Å². The summed E-state index contributed by atoms with van der Waals surface area (Å²) in [5.41, 5.74) is 7.11. The van der Waals surface area contributed by atoms with Crippen molar-refractivity contribution in [1.29, 1.82) is 0 Å². The van der Waals surface area contributed by atoms with Crippen molar-refractivity contribution in [2.24, 2.45) is 5.73 Å². The summed E-state index contributed by atoms with van der Waals surface area (Å²) in [5.74, 6) is 0.176. The number of hydrogen-bond donors (Lipinski definition) is 1. The fourth-order valence-corrected chi connectivity index (χ4v) is 3.27. The Balaban J connectivity index is 2.49. The van der Waals surface area contributed by atoms with E-state index in [0.29, 0.717) is 6.42 Å². The van der Waals surface area contributed by atoms with Gasteiger partial charge in [-0.15, -0.1) is 0 Å². The second-order valence-corrected chi connectivity index (χ2v) is 7.29. The lowest BCUT2D eigenvalue weighted by Crippen LogP contribution is -2.51. The summed E-state index contributed by atoms with van der Waals surface area (Å²) in [6, 6.07) is 1.83. The Hall–Kier alpha value is -0.940. The van der Waals surface area contributed by atoms with Gasteiger partial charge in [-0.3, -0.25) is 9.78 Å². The molecule has 0 aromatic carbocycles. The first-order valence-corrected chi connectivity index (χ1v) is 7.78. The number of likely N-dealkylation sites (tertiary alicyclic amines) is 1. The predicted octanol–water partition coefficient (Wildman–Crippen LogP) is 3.02. The maximum absolute atomic E-state index is 12.5. The molecule has 1 aliphatic rings. The van der Waals surface area contributed by atoms with Crippen LogP contribution >= 0.6 is 15.9 Å². The standard InChI is InChI=1S/C15H22BrN3O/c1-15(2,3)19-13(20)6-4-5-12(17)14(19)10-7-11(16)9-18-8-10/h7-9,12,14H,4-6,17H2,1-3H3. The summed E-state index contributed by atoms with van der Waals surface area (Å²) >= 11 is 3.45. The first-order chi connectivity index (χ1) is 9.30. The number of amides is 1. The van der Waals surface area contributed by atoms with Gasteiger partial charge in [0, 0.05) is 34.9 Å². The van der Waals surface area contributed by atoms with E-state index >= 15 is 0 Å². The maximum atomic E-state index is 12.5. The van der Waals surface area contributed by atoms with Crippen LogP contribution in [0.1, 0.15) is 51.6 Å². The Morgan fingerprint density at radius 1 is 1.40 bits per heavy atom. The average molecular weight is 340 g/mol. The van der Waals surface area contributed by atoms with Crippen LogP contribution in [0.5, 0.6) is 0 Å². The number of nitrogens with two attached hydrogens (primary N) is 1. The van der Waals surface area contributed by atoms with Crippen molar-refractivity contribution >= 4 is 21.8 Å². The first-order valence-electron chi connectivity index (χ1n) is 6.99. The molecule has 2 N–H and O–H groups in total. The lowest BCUT2D eigenvalue weighted by atomic mass is 9.93. The Morgan fingerprint density at radius 3 is 2.70 bits per heavy atom. The highest BCUT2D eigenvalue weighted by Crippen LogP contribution is 2.35. The molecule has 2 rings (SSSR count). The number of hydrogen-bond acceptors (Lipinski definition) is 3. The van der Waals surface area contributed by atoms with Gasteiger partial charge in [0.2, 0.25) is 5.91 Å². The molecule has 0 saturated carbocycles. The van der Waals surface area contributed by atoms with E-state index < -0.39 is 0 Å². The molecule has 0 aliphatic carbocycles. The summed E-state index contributed by atoms with van der Waals surface area (Å²) in [5, 5.41) is 0. The van der Waals surface area contributed by atoms with E-state index in [0.717, 1.165) is 22.9 Å². The van der Waals surface area contributed by atoms with Gasteiger partial charge in [0.15, 0.2) is 0 Å². The molecule has 0 spiro atoms. The molecule has 110 valence electrons. The zero-order valence-electron chi connectivity index (χ0n) is 12.3. The van der Waals surface area contributed by atoms with Crippen LogP contribution in [0.2, 0.25) is 0 Å². The van der Waals surface area contributed by atoms with Crippen molar-refractivity contribution < 1.29 is 4.79 Å². The van der Waals surface area contributed by atoms with Gasteiger partial charge in [-0.25, -0.2) is 0 Å². The van der Waals surface area contributed by atoms with E-state index in [2.05, 4.69) is 41.7 Å². The smallest absolute Gasteiger partial charge is 0.223 e. The number of rotatable bonds is 1. The third-order valence-electron chi connectivity index (χ3n) is 3.67. The molecular formula is C15H22BrN3O. The van der Waals surface area contributed by atoms with E-state index in [1.807, 2.05) is 17.2 Å². The van der Waals surface area contributed by atoms with Crippen molar-refractivity contribution in [3.63, 3.8) is 0 Å². The summed E-state index contributed by atoms with van der Waals surface area (Å²) in [6.07, 6.45) is 5.84. The average Bonchev–Trinajstić information content (AvgIpc) is 2.47. The molecule has 1 aliphatic heterocycles. The van der Waals surface area contributed by atoms with Gasteiger partial charge in [-0.05, 0) is 61.2 Å². The monoisotopic (exact) mass is 339 g/mol. The van der Waals surface area contributed by atoms with Crippen molar-refractivity contribution in [1.82, 2.24) is 9.88 Å². The molecule has 1 aromatic rings. The van der Waals surface area contributed by atoms with E-state index in [1.54, 1.807) is 6.20 Å². The minimum Gasteiger partial charge on any atom is -0.329 e. The van der Waals surface area contributed by atoms with Crippen molar-refractivity contribution in [3.8, 4) is 0 Å². The van der Waals surface area contributed by atoms with Gasteiger partial charge in [0.25, 0.3) is 0 Å². The summed E-state index contributed by atoms with van der Waals surface area (Å²) < 4.78 is 0.910. The quantitative estimate of drug-likeness (QED) is 0.855. The third kappa shape index (κ3) is 3.20. The zero-order valence-corrected chi connectivity index (χ0v) is 13.9. The van der Waals surface area contributed by atoms with Crippen molar-refractivity contribution in [3.05, 3.63) is 28.5 Å². The molecule has 1 saturated heterocycles. The second kappa shape index (κ2) is 5.82. The van der Waals surface area contributed by atoms with Gasteiger partial charge < -0.3 is 10.6 Å². The molecule has 2 heterocycles. The number of aromatic nitrogens is 1. The summed E-state index contributed by atoms with van der Waals surface area (Å²) in [7, 11) is 0. The Kier molecular flexibility index (Phi) is 4.49. The van der Waals surface area contributed by atoms with Crippen LogP contribution in [-0.2, 0) is 4.79 Å². The third-order valence-corrected chi connectivity index (χ3v) is 4.10. The van der Waals surface area contributed by atoms with Crippen LogP contribution in [0, 0.1) is 0 Å². The number of carbonyl (C=O) groups excluding carboxylic acids is 1. The van der Waals surface area contributed by atoms with Gasteiger partial charge in [0.1, 0.15) is 0 Å². The number of pyridine rings is 1. The fraction of sp³-hybridized carbons (Fsp3) is 0.600. The minimum atomic E-state index is -0.258. The largest absolute Gasteiger partial charge is 0.329 e. The lowest BCUT2D eigenvalue weighted by Gasteiger charge is -2.43. The van der Waals surface area contributed by atoms with Crippen LogP contribution in [0.3, 0.4) is 0 Å². The second-order valence-electron chi connectivity index (χ2n) is 6.37. The van der Waals surface area contributed by atoms with Gasteiger partial charge in [-0.1, -0.05) is 0 Å². The molecule has 1 aromatic heterocycles. The molecule has 0 bridgehead atoms. The number of nitrogens with zero attached hydrogens (tertiary/aromatic N) is 2. The Bertz CT molecular complexity index is 498. The van der Waals surface area contributed by atoms with E-state index in [4.69, 9.17) is 5.73 Å². The van der Waals surface area contributed by atoms with E-state index in [9.17, 15) is 4.79 Å². The molecule has 0 radical (unpaired) electrons. The van der Waals surface area contributed by atoms with Crippen LogP contribution in [0.4, 0.5) is 0 Å². The summed E-state index contributed by atoms with van der Waals surface area (Å²) in [4.78, 5) is 18.7. The molecule has 5 heteroatoms. The molecule has 2 unspecified atom stereocenters. The summed E-state index contributed by atoms with van der Waals surface area (Å²) in [6.45, 7) is 6.17. The molecule has 1 amide bonds. The lowest BCUT2D eigenvalue weighted by molar-refractivity contribution is -0.139. The Labute approximate surface area is 128 Å². The molecular weight excluding hydrogens is 318 g/mol. The topological polar surface area (TPSA) is 59.2 Å². The normalized spacial score (nSPS) is 24.6. The minimum absolute atomic E-state index is 0.0585. The maximum Gasteiger partial charge on any atom is 0.223 e. The first kappa shape index (κ1) is 15.4. The Morgan fingerprint density at radius 2 is 2.10 bits per heavy atom. The van der Waals surface area contributed by atoms with Crippen LogP contribution in [0.15, 0.2) is 22.9 Å². The SMILES string of the molecule is CC(C)(C)N1C(=O)CCCC(N)C1c1cncc(Br)c1. The van der Waals surface area contributed by atoms with Crippen molar-refractivity contribution in [2.75, 3.05) is 0 Å². The highest BCUT2D eigenvalue weighted by Gasteiger charge is 2.39. The van der Waals surface area contributed by atoms with Crippen LogP contribution < -0.4 is 5.73 Å². The number of halogens is 1. The van der Waals surface area contributed by atoms with Crippen LogP contribution in [-0.4, -0.2) is 27.4 Å². The van der Waals surface area contributed by atoms with Gasteiger partial charge in [0.05, 0.1) is 6.04 Å².